The Morgan fingerprint density at radius 1 is 1.17 bits per heavy atom. The molecule has 0 aliphatic rings. The number of fused-ring (bicyclic) bond motifs is 1. The van der Waals surface area contributed by atoms with E-state index in [-0.39, 0.29) is 11.9 Å². The zero-order chi connectivity index (χ0) is 21.4. The molecule has 2 aromatic carbocycles. The van der Waals surface area contributed by atoms with Crippen LogP contribution < -0.4 is 5.73 Å². The third-order valence-electron chi connectivity index (χ3n) is 3.84. The first kappa shape index (κ1) is 21.5. The zero-order valence-corrected chi connectivity index (χ0v) is 15.3. The van der Waals surface area contributed by atoms with Gasteiger partial charge in [0.05, 0.1) is 0 Å². The van der Waals surface area contributed by atoms with E-state index in [1.807, 2.05) is 24.3 Å². The van der Waals surface area contributed by atoms with Gasteiger partial charge in [0.1, 0.15) is 11.5 Å². The molecule has 0 spiro atoms. The van der Waals surface area contributed by atoms with E-state index in [0.29, 0.717) is 35.4 Å². The number of aliphatic carboxylic acids is 2. The Morgan fingerprint density at radius 2 is 1.83 bits per heavy atom. The molecule has 0 saturated carbocycles. The lowest BCUT2D eigenvalue weighted by molar-refractivity contribution is -0.134. The highest BCUT2D eigenvalue weighted by atomic mass is 19.1. The molecular formula is C21H19FN2O5. The van der Waals surface area contributed by atoms with Crippen molar-refractivity contribution in [3.05, 3.63) is 78.7 Å². The minimum Gasteiger partial charge on any atom is -0.478 e. The molecule has 8 heteroatoms. The van der Waals surface area contributed by atoms with Crippen LogP contribution in [0, 0.1) is 5.82 Å². The third kappa shape index (κ3) is 5.85. The van der Waals surface area contributed by atoms with Crippen LogP contribution in [-0.2, 0) is 9.59 Å². The lowest BCUT2D eigenvalue weighted by atomic mass is 9.95. The number of aromatic nitrogens is 1. The smallest absolute Gasteiger partial charge is 0.328 e. The maximum atomic E-state index is 13.7. The van der Waals surface area contributed by atoms with Gasteiger partial charge >= 0.3 is 11.9 Å². The summed E-state index contributed by atoms with van der Waals surface area (Å²) < 4.78 is 19.0. The molecule has 4 N–H and O–H groups in total. The average Bonchev–Trinajstić information content (AvgIpc) is 3.11. The van der Waals surface area contributed by atoms with Crippen LogP contribution in [0.4, 0.5) is 4.39 Å². The maximum Gasteiger partial charge on any atom is 0.328 e. The van der Waals surface area contributed by atoms with Crippen molar-refractivity contribution in [2.45, 2.75) is 12.5 Å². The van der Waals surface area contributed by atoms with Crippen LogP contribution in [0.3, 0.4) is 0 Å². The molecule has 0 fully saturated rings. The summed E-state index contributed by atoms with van der Waals surface area (Å²) >= 11 is 0. The first-order chi connectivity index (χ1) is 13.8. The normalized spacial score (nSPS) is 11.7. The molecule has 1 aromatic heterocycles. The fourth-order valence-electron chi connectivity index (χ4n) is 2.59. The fourth-order valence-corrected chi connectivity index (χ4v) is 2.59. The van der Waals surface area contributed by atoms with Gasteiger partial charge in [-0.2, -0.15) is 0 Å². The van der Waals surface area contributed by atoms with Crippen LogP contribution in [-0.4, -0.2) is 27.3 Å². The zero-order valence-electron chi connectivity index (χ0n) is 15.3. The number of nitrogens with zero attached hydrogens (tertiary/aromatic N) is 1. The van der Waals surface area contributed by atoms with Gasteiger partial charge < -0.3 is 20.5 Å². The van der Waals surface area contributed by atoms with Gasteiger partial charge in [-0.15, -0.1) is 6.58 Å². The van der Waals surface area contributed by atoms with E-state index in [1.54, 1.807) is 12.1 Å². The standard InChI is InChI=1S/C17H15FN2O.C4H4O4/c1-2-5-15(19)12-9-8-11(18)10-14(12)17-13-6-3-4-7-16(13)21-20-17;5-3(6)1-2-4(7)8/h2-4,6-10,15H,1,5,19H2;1-2H,(H,5,6)(H,7,8)/b;2-1+/t15-;/m0./s1. The highest BCUT2D eigenvalue weighted by Gasteiger charge is 2.17. The van der Waals surface area contributed by atoms with Crippen molar-refractivity contribution in [1.29, 1.82) is 0 Å². The van der Waals surface area contributed by atoms with Gasteiger partial charge in [-0.25, -0.2) is 14.0 Å². The number of carbonyl (C=O) groups is 2. The van der Waals surface area contributed by atoms with Crippen LogP contribution in [0.15, 0.2) is 71.8 Å². The number of carboxylic acids is 2. The van der Waals surface area contributed by atoms with Crippen LogP contribution >= 0.6 is 0 Å². The SMILES string of the molecule is C=CC[C@H](N)c1ccc(F)cc1-c1noc2ccccc12.O=C(O)/C=C/C(=O)O. The summed E-state index contributed by atoms with van der Waals surface area (Å²) in [7, 11) is 0. The number of carboxylic acid groups (broad SMARTS) is 2. The van der Waals surface area contributed by atoms with Gasteiger partial charge in [0.2, 0.25) is 0 Å². The van der Waals surface area contributed by atoms with Crippen molar-refractivity contribution in [2.24, 2.45) is 5.73 Å². The van der Waals surface area contributed by atoms with Gasteiger partial charge in [0.15, 0.2) is 5.58 Å². The largest absolute Gasteiger partial charge is 0.478 e. The number of nitrogens with two attached hydrogens (primary N) is 1. The van der Waals surface area contributed by atoms with E-state index >= 15 is 0 Å². The molecular weight excluding hydrogens is 379 g/mol. The van der Waals surface area contributed by atoms with Gasteiger partial charge in [-0.1, -0.05) is 29.4 Å². The molecule has 150 valence electrons. The third-order valence-corrected chi connectivity index (χ3v) is 3.84. The number of hydrogen-bond donors (Lipinski definition) is 3. The molecule has 0 aliphatic heterocycles. The quantitative estimate of drug-likeness (QED) is 0.424. The molecule has 3 rings (SSSR count). The van der Waals surface area contributed by atoms with E-state index in [1.165, 1.54) is 12.1 Å². The number of para-hydroxylation sites is 1. The average molecular weight is 398 g/mol. The Morgan fingerprint density at radius 3 is 2.45 bits per heavy atom. The van der Waals surface area contributed by atoms with E-state index in [4.69, 9.17) is 20.5 Å². The molecule has 1 heterocycles. The van der Waals surface area contributed by atoms with E-state index in [9.17, 15) is 14.0 Å². The molecule has 1 atom stereocenters. The lowest BCUT2D eigenvalue weighted by Crippen LogP contribution is -2.10. The van der Waals surface area contributed by atoms with Crippen molar-refractivity contribution in [1.82, 2.24) is 5.16 Å². The first-order valence-corrected chi connectivity index (χ1v) is 8.48. The minimum atomic E-state index is -1.26. The Kier molecular flexibility index (Phi) is 7.39. The summed E-state index contributed by atoms with van der Waals surface area (Å²) in [6, 6.07) is 11.8. The van der Waals surface area contributed by atoms with E-state index < -0.39 is 11.9 Å². The van der Waals surface area contributed by atoms with Crippen molar-refractivity contribution < 1.29 is 28.7 Å². The first-order valence-electron chi connectivity index (χ1n) is 8.48. The topological polar surface area (TPSA) is 127 Å². The van der Waals surface area contributed by atoms with E-state index in [2.05, 4.69) is 11.7 Å². The summed E-state index contributed by atoms with van der Waals surface area (Å²) in [6.07, 6.45) is 3.47. The Hall–Kier alpha value is -3.78. The molecule has 3 aromatic rings. The summed E-state index contributed by atoms with van der Waals surface area (Å²) in [5.41, 5.74) is 8.92. The Balaban J connectivity index is 0.000000321. The predicted molar refractivity (Wildman–Crippen MR) is 106 cm³/mol. The second-order valence-electron chi connectivity index (χ2n) is 5.90. The van der Waals surface area contributed by atoms with Gasteiger partial charge in [-0.3, -0.25) is 0 Å². The van der Waals surface area contributed by atoms with Crippen molar-refractivity contribution in [3.63, 3.8) is 0 Å². The molecule has 0 bridgehead atoms. The molecule has 0 amide bonds. The number of benzene rings is 2. The highest BCUT2D eigenvalue weighted by Crippen LogP contribution is 2.33. The van der Waals surface area contributed by atoms with Crippen molar-refractivity contribution in [2.75, 3.05) is 0 Å². The van der Waals surface area contributed by atoms with Crippen LogP contribution in [0.5, 0.6) is 0 Å². The molecule has 7 nitrogen and oxygen atoms in total. The maximum absolute atomic E-state index is 13.7. The van der Waals surface area contributed by atoms with Crippen LogP contribution in [0.25, 0.3) is 22.2 Å². The fraction of sp³-hybridized carbons (Fsp3) is 0.0952. The van der Waals surface area contributed by atoms with Gasteiger partial charge in [0, 0.05) is 29.1 Å². The van der Waals surface area contributed by atoms with E-state index in [0.717, 1.165) is 10.9 Å². The predicted octanol–water partition coefficient (Wildman–Crippen LogP) is 3.92. The summed E-state index contributed by atoms with van der Waals surface area (Å²) in [5.74, 6) is -2.84. The molecule has 0 radical (unpaired) electrons. The summed E-state index contributed by atoms with van der Waals surface area (Å²) in [6.45, 7) is 3.70. The monoisotopic (exact) mass is 398 g/mol. The Labute approximate surface area is 165 Å². The number of rotatable bonds is 6. The second kappa shape index (κ2) is 9.95. The van der Waals surface area contributed by atoms with Crippen molar-refractivity contribution >= 4 is 22.9 Å². The van der Waals surface area contributed by atoms with Crippen LogP contribution in [0.1, 0.15) is 18.0 Å². The van der Waals surface area contributed by atoms with Gasteiger partial charge in [-0.05, 0) is 36.2 Å². The summed E-state index contributed by atoms with van der Waals surface area (Å²) in [5, 5.41) is 20.6. The molecule has 0 aliphatic carbocycles. The highest BCUT2D eigenvalue weighted by molar-refractivity contribution is 5.92. The molecule has 0 saturated heterocycles. The molecule has 0 unspecified atom stereocenters. The second-order valence-corrected chi connectivity index (χ2v) is 5.90. The lowest BCUT2D eigenvalue weighted by Gasteiger charge is -2.14. The van der Waals surface area contributed by atoms with Crippen LogP contribution in [0.2, 0.25) is 0 Å². The summed E-state index contributed by atoms with van der Waals surface area (Å²) in [4.78, 5) is 19.1. The number of halogens is 1. The minimum absolute atomic E-state index is 0.256. The molecule has 29 heavy (non-hydrogen) atoms. The van der Waals surface area contributed by atoms with Crippen molar-refractivity contribution in [3.8, 4) is 11.3 Å². The Bertz CT molecular complexity index is 1040. The van der Waals surface area contributed by atoms with Gasteiger partial charge in [0.25, 0.3) is 0 Å². The number of hydrogen-bond acceptors (Lipinski definition) is 5.